The summed E-state index contributed by atoms with van der Waals surface area (Å²) in [6.07, 6.45) is 0.327. The van der Waals surface area contributed by atoms with Gasteiger partial charge in [-0.05, 0) is 30.9 Å². The van der Waals surface area contributed by atoms with Gasteiger partial charge in [-0.2, -0.15) is 0 Å². The van der Waals surface area contributed by atoms with Gasteiger partial charge < -0.3 is 32.6 Å². The van der Waals surface area contributed by atoms with Crippen molar-refractivity contribution in [1.29, 1.82) is 0 Å². The van der Waals surface area contributed by atoms with Crippen LogP contribution in [0.1, 0.15) is 43.2 Å². The van der Waals surface area contributed by atoms with Crippen molar-refractivity contribution in [1.82, 2.24) is 0 Å². The van der Waals surface area contributed by atoms with Gasteiger partial charge >= 0.3 is 0 Å². The minimum Gasteiger partial charge on any atom is -0.504 e. The van der Waals surface area contributed by atoms with Crippen molar-refractivity contribution < 1.29 is 34.4 Å². The number of rotatable bonds is 2. The Morgan fingerprint density at radius 3 is 2.72 bits per heavy atom. The van der Waals surface area contributed by atoms with E-state index in [-0.39, 0.29) is 54.4 Å². The molecule has 0 amide bonds. The number of aliphatic hydroxyl groups is 3. The molecule has 2 aliphatic heterocycles. The van der Waals surface area contributed by atoms with Gasteiger partial charge in [0.05, 0.1) is 12.5 Å². The van der Waals surface area contributed by atoms with Gasteiger partial charge in [0, 0.05) is 30.7 Å². The van der Waals surface area contributed by atoms with Gasteiger partial charge in [-0.15, -0.1) is 0 Å². The first-order valence-electron chi connectivity index (χ1n) is 10.2. The Morgan fingerprint density at radius 1 is 1.31 bits per heavy atom. The van der Waals surface area contributed by atoms with Gasteiger partial charge in [0.25, 0.3) is 0 Å². The average molecular weight is 403 g/mol. The number of phenols is 1. The quantitative estimate of drug-likeness (QED) is 0.429. The summed E-state index contributed by atoms with van der Waals surface area (Å²) >= 11 is 0. The van der Waals surface area contributed by atoms with Crippen LogP contribution in [0.15, 0.2) is 12.1 Å². The molecule has 7 heteroatoms. The normalized spacial score (nSPS) is 45.1. The van der Waals surface area contributed by atoms with Gasteiger partial charge in [0.2, 0.25) is 0 Å². The number of carbonyl (C=O) groups excluding carboxylic acids is 1. The third-order valence-corrected chi connectivity index (χ3v) is 8.57. The van der Waals surface area contributed by atoms with Crippen molar-refractivity contribution in [2.75, 3.05) is 7.05 Å². The number of benzene rings is 1. The zero-order valence-electron chi connectivity index (χ0n) is 16.8. The summed E-state index contributed by atoms with van der Waals surface area (Å²) in [5.41, 5.74) is -0.745. The highest BCUT2D eigenvalue weighted by molar-refractivity contribution is 5.90. The van der Waals surface area contributed by atoms with Crippen molar-refractivity contribution in [3.05, 3.63) is 30.7 Å². The van der Waals surface area contributed by atoms with E-state index in [1.807, 2.05) is 13.1 Å². The fraction of sp³-hybridized carbons (Fsp3) is 0.636. The number of hydrogen-bond acceptors (Lipinski definition) is 6. The first-order valence-corrected chi connectivity index (χ1v) is 10.2. The Bertz CT molecular complexity index is 915. The summed E-state index contributed by atoms with van der Waals surface area (Å²) in [6.45, 7) is 0. The number of likely N-dealkylation sites (N-methyl/N-ethyl adjacent to an activating group) is 1. The molecule has 1 spiro atoms. The number of likely N-dealkylation sites (tertiary alicyclic amines) is 1. The number of Topliss-reactive ketones (excluding diaryl/α,β-unsaturated/α-hetero) is 1. The predicted octanol–water partition coefficient (Wildman–Crippen LogP) is 0.757. The number of quaternary nitrogens is 1. The Kier molecular flexibility index (Phi) is 3.67. The molecule has 0 radical (unpaired) electrons. The molecule has 2 bridgehead atoms. The summed E-state index contributed by atoms with van der Waals surface area (Å²) < 4.78 is 5.97. The van der Waals surface area contributed by atoms with Crippen molar-refractivity contribution in [2.24, 2.45) is 5.92 Å². The molecule has 29 heavy (non-hydrogen) atoms. The van der Waals surface area contributed by atoms with Crippen molar-refractivity contribution >= 4 is 5.78 Å². The van der Waals surface area contributed by atoms with Crippen LogP contribution in [0.2, 0.25) is 0 Å². The van der Waals surface area contributed by atoms with E-state index in [0.717, 1.165) is 18.4 Å². The van der Waals surface area contributed by atoms with Crippen LogP contribution in [0.3, 0.4) is 0 Å². The Hall–Kier alpha value is -1.67. The number of nitrogens with zero attached hydrogens (tertiary/aromatic N) is 1. The van der Waals surface area contributed by atoms with E-state index in [4.69, 9.17) is 4.74 Å². The van der Waals surface area contributed by atoms with Gasteiger partial charge in [0.15, 0.2) is 35.8 Å². The fourth-order valence-electron chi connectivity index (χ4n) is 6.98. The third kappa shape index (κ3) is 1.91. The van der Waals surface area contributed by atoms with Gasteiger partial charge in [-0.25, -0.2) is 0 Å². The Labute approximate surface area is 170 Å². The molecule has 2 heterocycles. The largest absolute Gasteiger partial charge is 0.504 e. The van der Waals surface area contributed by atoms with E-state index in [2.05, 4.69) is 0 Å². The van der Waals surface area contributed by atoms with Crippen molar-refractivity contribution in [2.45, 2.75) is 74.1 Å². The molecule has 0 aromatic heterocycles. The molecule has 4 N–H and O–H groups in total. The minimum absolute atomic E-state index is 0. The molecule has 1 aromatic rings. The van der Waals surface area contributed by atoms with Crippen LogP contribution in [0.5, 0.6) is 11.5 Å². The minimum atomic E-state index is -1.29. The number of carbonyl (C=O) groups is 1. The topological polar surface area (TPSA) is 107 Å². The zero-order valence-corrected chi connectivity index (χ0v) is 16.8. The lowest BCUT2D eigenvalue weighted by atomic mass is 9.48. The Morgan fingerprint density at radius 2 is 2.03 bits per heavy atom. The number of aliphatic hydroxyl groups excluding tert-OH is 2. The van der Waals surface area contributed by atoms with Crippen LogP contribution in [0.4, 0.5) is 0 Å². The SMILES string of the molecule is C[N@+]1(C(O)C2CC2)C(O)C[C@]23c4c5ccc(O)c4O[C@H]2C(=O)CC[C@@]3(O)[C@H]1C5.[CH3-]. The lowest BCUT2D eigenvalue weighted by Crippen LogP contribution is -2.84. The van der Waals surface area contributed by atoms with Gasteiger partial charge in [-0.1, -0.05) is 6.07 Å². The maximum absolute atomic E-state index is 12.8. The molecule has 2 saturated carbocycles. The first-order chi connectivity index (χ1) is 13.2. The summed E-state index contributed by atoms with van der Waals surface area (Å²) in [4.78, 5) is 12.8. The summed E-state index contributed by atoms with van der Waals surface area (Å²) in [6, 6.07) is 2.96. The number of phenolic OH excluding ortho intramolecular Hbond substituents is 1. The number of ketones is 1. The maximum Gasteiger partial charge on any atom is 0.195 e. The second-order valence-corrected chi connectivity index (χ2v) is 9.69. The second-order valence-electron chi connectivity index (χ2n) is 9.69. The first kappa shape index (κ1) is 19.3. The number of hydrogen-bond donors (Lipinski definition) is 4. The predicted molar refractivity (Wildman–Crippen MR) is 103 cm³/mol. The molecule has 158 valence electrons. The molecule has 1 saturated heterocycles. The molecule has 1 aromatic carbocycles. The van der Waals surface area contributed by atoms with E-state index in [9.17, 15) is 25.2 Å². The molecule has 2 unspecified atom stereocenters. The highest BCUT2D eigenvalue weighted by atomic mass is 16.5. The molecule has 7 nitrogen and oxygen atoms in total. The third-order valence-electron chi connectivity index (χ3n) is 8.57. The average Bonchev–Trinajstić information content (AvgIpc) is 3.44. The highest BCUT2D eigenvalue weighted by Gasteiger charge is 2.79. The van der Waals surface area contributed by atoms with Crippen molar-refractivity contribution in [3.8, 4) is 11.5 Å². The molecule has 6 rings (SSSR count). The van der Waals surface area contributed by atoms with E-state index in [0.29, 0.717) is 12.0 Å². The molecular weight excluding hydrogens is 374 g/mol. The molecule has 3 aliphatic carbocycles. The highest BCUT2D eigenvalue weighted by Crippen LogP contribution is 2.67. The van der Waals surface area contributed by atoms with Crippen LogP contribution in [0, 0.1) is 13.3 Å². The van der Waals surface area contributed by atoms with Crippen LogP contribution in [0.25, 0.3) is 0 Å². The molecule has 7 atom stereocenters. The summed E-state index contributed by atoms with van der Waals surface area (Å²) in [5.74, 6) is 0.278. The van der Waals surface area contributed by atoms with Crippen LogP contribution >= 0.6 is 0 Å². The number of piperidine rings is 1. The molecule has 3 fully saturated rings. The Balaban J connectivity index is 0.00000181. The fourth-order valence-corrected chi connectivity index (χ4v) is 6.98. The monoisotopic (exact) mass is 403 g/mol. The van der Waals surface area contributed by atoms with E-state index >= 15 is 0 Å². The van der Waals surface area contributed by atoms with Gasteiger partial charge in [0.1, 0.15) is 11.6 Å². The number of ether oxygens (including phenoxy) is 1. The van der Waals surface area contributed by atoms with Crippen LogP contribution in [-0.4, -0.2) is 67.9 Å². The lowest BCUT2D eigenvalue weighted by Gasteiger charge is -2.66. The van der Waals surface area contributed by atoms with Crippen LogP contribution in [-0.2, 0) is 16.6 Å². The zero-order chi connectivity index (χ0) is 19.6. The van der Waals surface area contributed by atoms with E-state index in [1.54, 1.807) is 6.07 Å². The number of aromatic hydroxyl groups is 1. The lowest BCUT2D eigenvalue weighted by molar-refractivity contribution is -1.03. The van der Waals surface area contributed by atoms with E-state index < -0.39 is 35.6 Å². The standard InChI is InChI=1S/C21H25NO6.CH3/c1-22(19(26)10-2-3-10)14-8-11-4-5-12(23)17-16(11)20(9-15(22)25)18(28-17)13(24)6-7-21(14,20)27;/h4-5,10,14-15,18-19,25-27H,2-3,6-9H2,1H3;1H3/q;-1/p+1/t14-,15?,18+,19?,20+,21-,22-;/m1./s1. The summed E-state index contributed by atoms with van der Waals surface area (Å²) in [7, 11) is 1.84. The van der Waals surface area contributed by atoms with E-state index in [1.165, 1.54) is 0 Å². The molecular formula is C22H29NO6. The van der Waals surface area contributed by atoms with Crippen LogP contribution < -0.4 is 4.74 Å². The van der Waals surface area contributed by atoms with Crippen molar-refractivity contribution in [3.63, 3.8) is 0 Å². The smallest absolute Gasteiger partial charge is 0.195 e. The maximum atomic E-state index is 12.8. The van der Waals surface area contributed by atoms with Gasteiger partial charge in [-0.3, -0.25) is 9.28 Å². The molecule has 5 aliphatic rings. The second kappa shape index (κ2) is 5.52. The summed E-state index contributed by atoms with van der Waals surface area (Å²) in [5, 5.41) is 45.0.